The van der Waals surface area contributed by atoms with Crippen molar-refractivity contribution in [1.29, 1.82) is 0 Å². The fourth-order valence-corrected chi connectivity index (χ4v) is 3.72. The number of nitrogens with zero attached hydrogens (tertiary/aromatic N) is 3. The van der Waals surface area contributed by atoms with E-state index < -0.39 is 0 Å². The van der Waals surface area contributed by atoms with Gasteiger partial charge in [-0.05, 0) is 42.0 Å². The fourth-order valence-electron chi connectivity index (χ4n) is 3.31. The van der Waals surface area contributed by atoms with Gasteiger partial charge in [0.2, 0.25) is 5.91 Å². The zero-order valence-electron chi connectivity index (χ0n) is 16.5. The Kier molecular flexibility index (Phi) is 8.62. The molecule has 1 N–H and O–H groups in total. The minimum absolute atomic E-state index is 0. The number of rotatable bonds is 5. The van der Waals surface area contributed by atoms with Crippen LogP contribution in [0.3, 0.4) is 0 Å². The number of carbonyl (C=O) groups excluding carboxylic acids is 1. The van der Waals surface area contributed by atoms with Crippen LogP contribution in [0.2, 0.25) is 0 Å². The van der Waals surface area contributed by atoms with E-state index in [1.54, 1.807) is 18.8 Å². The zero-order chi connectivity index (χ0) is 19.2. The predicted octanol–water partition coefficient (Wildman–Crippen LogP) is 3.62. The quantitative estimate of drug-likeness (QED) is 0.289. The second kappa shape index (κ2) is 10.7. The first-order valence-corrected chi connectivity index (χ1v) is 10.3. The van der Waals surface area contributed by atoms with Gasteiger partial charge in [-0.25, -0.2) is 0 Å². The zero-order valence-corrected chi connectivity index (χ0v) is 19.7. The maximum absolute atomic E-state index is 12.7. The van der Waals surface area contributed by atoms with Crippen LogP contribution in [-0.2, 0) is 17.8 Å². The summed E-state index contributed by atoms with van der Waals surface area (Å²) in [6.45, 7) is 1.71. The van der Waals surface area contributed by atoms with Gasteiger partial charge in [-0.3, -0.25) is 9.79 Å². The molecule has 5 nitrogen and oxygen atoms in total. The molecule has 0 aromatic heterocycles. The van der Waals surface area contributed by atoms with Gasteiger partial charge in [0.05, 0.1) is 6.54 Å². The molecule has 0 radical (unpaired) electrons. The number of para-hydroxylation sites is 1. The maximum Gasteiger partial charge on any atom is 0.246 e. The molecule has 1 amide bonds. The largest absolute Gasteiger partial charge is 0.347 e. The van der Waals surface area contributed by atoms with Crippen molar-refractivity contribution in [3.05, 3.63) is 59.7 Å². The minimum Gasteiger partial charge on any atom is -0.347 e. The van der Waals surface area contributed by atoms with Crippen LogP contribution in [-0.4, -0.2) is 50.2 Å². The highest BCUT2D eigenvalue weighted by molar-refractivity contribution is 14.0. The first kappa shape index (κ1) is 22.5. The van der Waals surface area contributed by atoms with Gasteiger partial charge in [0.25, 0.3) is 0 Å². The summed E-state index contributed by atoms with van der Waals surface area (Å²) >= 11 is 1.73. The number of hydrogen-bond acceptors (Lipinski definition) is 3. The number of carbonyl (C=O) groups is 1. The normalized spacial score (nSPS) is 13.0. The summed E-state index contributed by atoms with van der Waals surface area (Å²) in [5.41, 5.74) is 3.47. The van der Waals surface area contributed by atoms with Crippen LogP contribution in [0.15, 0.2) is 58.4 Å². The molecule has 1 aliphatic rings. The molecule has 0 bridgehead atoms. The van der Waals surface area contributed by atoms with Gasteiger partial charge >= 0.3 is 0 Å². The molecule has 0 unspecified atom stereocenters. The minimum atomic E-state index is 0. The first-order valence-electron chi connectivity index (χ1n) is 9.05. The van der Waals surface area contributed by atoms with Gasteiger partial charge in [-0.1, -0.05) is 30.3 Å². The number of aliphatic imine (C=N–C) groups is 1. The third-order valence-electron chi connectivity index (χ3n) is 4.74. The summed E-state index contributed by atoms with van der Waals surface area (Å²) in [5, 5.41) is 3.20. The van der Waals surface area contributed by atoms with Crippen LogP contribution in [0, 0.1) is 0 Å². The van der Waals surface area contributed by atoms with Crippen molar-refractivity contribution in [3.8, 4) is 0 Å². The summed E-state index contributed by atoms with van der Waals surface area (Å²) < 4.78 is 0. The van der Waals surface area contributed by atoms with E-state index in [9.17, 15) is 4.79 Å². The summed E-state index contributed by atoms with van der Waals surface area (Å²) in [5.74, 6) is 0.781. The monoisotopic (exact) mass is 510 g/mol. The maximum atomic E-state index is 12.7. The van der Waals surface area contributed by atoms with E-state index in [-0.39, 0.29) is 36.4 Å². The van der Waals surface area contributed by atoms with Crippen molar-refractivity contribution < 1.29 is 4.79 Å². The lowest BCUT2D eigenvalue weighted by Crippen LogP contribution is -2.44. The second-order valence-corrected chi connectivity index (χ2v) is 7.41. The van der Waals surface area contributed by atoms with Crippen molar-refractivity contribution >= 4 is 53.3 Å². The molecule has 0 saturated carbocycles. The number of anilines is 1. The van der Waals surface area contributed by atoms with Gasteiger partial charge in [-0.15, -0.1) is 35.7 Å². The van der Waals surface area contributed by atoms with E-state index in [0.717, 1.165) is 25.2 Å². The third kappa shape index (κ3) is 5.41. The van der Waals surface area contributed by atoms with Crippen LogP contribution >= 0.6 is 35.7 Å². The number of guanidine groups is 1. The van der Waals surface area contributed by atoms with E-state index in [1.165, 1.54) is 16.0 Å². The van der Waals surface area contributed by atoms with Crippen LogP contribution in [0.1, 0.15) is 11.1 Å². The van der Waals surface area contributed by atoms with Crippen molar-refractivity contribution in [2.45, 2.75) is 17.9 Å². The lowest BCUT2D eigenvalue weighted by Gasteiger charge is -2.23. The highest BCUT2D eigenvalue weighted by atomic mass is 127. The van der Waals surface area contributed by atoms with Crippen LogP contribution in [0.25, 0.3) is 0 Å². The highest BCUT2D eigenvalue weighted by Crippen LogP contribution is 2.27. The van der Waals surface area contributed by atoms with Crippen LogP contribution in [0.5, 0.6) is 0 Å². The number of nitrogens with one attached hydrogen (secondary N) is 1. The van der Waals surface area contributed by atoms with Gasteiger partial charge in [0, 0.05) is 37.8 Å². The summed E-state index contributed by atoms with van der Waals surface area (Å²) in [4.78, 5) is 22.1. The molecular formula is C21H27IN4OS. The molecule has 1 heterocycles. The average molecular weight is 510 g/mol. The molecule has 0 aliphatic carbocycles. The third-order valence-corrected chi connectivity index (χ3v) is 5.48. The molecule has 0 atom stereocenters. The van der Waals surface area contributed by atoms with Crippen LogP contribution in [0.4, 0.5) is 5.69 Å². The number of benzene rings is 2. The Balaban J connectivity index is 0.00000280. The van der Waals surface area contributed by atoms with Crippen molar-refractivity contribution in [2.75, 3.05) is 38.3 Å². The van der Waals surface area contributed by atoms with E-state index in [0.29, 0.717) is 5.96 Å². The van der Waals surface area contributed by atoms with Crippen molar-refractivity contribution in [3.63, 3.8) is 0 Å². The summed E-state index contributed by atoms with van der Waals surface area (Å²) in [7, 11) is 3.72. The molecule has 7 heteroatoms. The number of hydrogen-bond donors (Lipinski definition) is 1. The molecule has 28 heavy (non-hydrogen) atoms. The van der Waals surface area contributed by atoms with E-state index in [2.05, 4.69) is 46.9 Å². The van der Waals surface area contributed by atoms with Crippen molar-refractivity contribution in [1.82, 2.24) is 10.2 Å². The van der Waals surface area contributed by atoms with E-state index in [4.69, 9.17) is 0 Å². The number of amides is 1. The van der Waals surface area contributed by atoms with Crippen molar-refractivity contribution in [2.24, 2.45) is 4.99 Å². The number of fused-ring (bicyclic) bond motifs is 1. The standard InChI is InChI=1S/C21H26N4OS.HI/c1-22-21(24(2)15-16-8-10-18(27-3)11-9-16)23-14-20(26)25-13-12-17-6-4-5-7-19(17)25;/h4-11H,12-15H2,1-3H3,(H,22,23);1H. The van der Waals surface area contributed by atoms with E-state index in [1.807, 2.05) is 35.0 Å². The Bertz CT molecular complexity index is 825. The smallest absolute Gasteiger partial charge is 0.246 e. The molecule has 0 spiro atoms. The number of thioether (sulfide) groups is 1. The Morgan fingerprint density at radius 3 is 2.61 bits per heavy atom. The van der Waals surface area contributed by atoms with Gasteiger partial charge in [-0.2, -0.15) is 0 Å². The summed E-state index contributed by atoms with van der Waals surface area (Å²) in [6, 6.07) is 16.6. The Hall–Kier alpha value is -1.74. The number of halogens is 1. The second-order valence-electron chi connectivity index (χ2n) is 6.53. The first-order chi connectivity index (χ1) is 13.1. The Morgan fingerprint density at radius 2 is 1.93 bits per heavy atom. The molecule has 0 fully saturated rings. The van der Waals surface area contributed by atoms with E-state index >= 15 is 0 Å². The molecule has 2 aromatic carbocycles. The summed E-state index contributed by atoms with van der Waals surface area (Å²) in [6.07, 6.45) is 2.99. The molecule has 2 aromatic rings. The molecular weight excluding hydrogens is 483 g/mol. The molecule has 0 saturated heterocycles. The van der Waals surface area contributed by atoms with Gasteiger partial charge in [0.1, 0.15) is 0 Å². The van der Waals surface area contributed by atoms with Crippen LogP contribution < -0.4 is 10.2 Å². The molecule has 1 aliphatic heterocycles. The topological polar surface area (TPSA) is 47.9 Å². The van der Waals surface area contributed by atoms with Gasteiger partial charge < -0.3 is 15.1 Å². The fraction of sp³-hybridized carbons (Fsp3) is 0.333. The molecule has 3 rings (SSSR count). The Labute approximate surface area is 188 Å². The molecule has 150 valence electrons. The lowest BCUT2D eigenvalue weighted by atomic mass is 10.2. The predicted molar refractivity (Wildman–Crippen MR) is 129 cm³/mol. The highest BCUT2D eigenvalue weighted by Gasteiger charge is 2.24. The lowest BCUT2D eigenvalue weighted by molar-refractivity contribution is -0.117. The van der Waals surface area contributed by atoms with Gasteiger partial charge in [0.15, 0.2) is 5.96 Å². The SMILES string of the molecule is CN=C(NCC(=O)N1CCc2ccccc21)N(C)Cc1ccc(SC)cc1.I. The Morgan fingerprint density at radius 1 is 1.21 bits per heavy atom. The average Bonchev–Trinajstić information content (AvgIpc) is 3.13.